The highest BCUT2D eigenvalue weighted by Crippen LogP contribution is 2.34. The van der Waals surface area contributed by atoms with Crippen molar-refractivity contribution in [3.8, 4) is 0 Å². The number of amides is 1. The van der Waals surface area contributed by atoms with Crippen LogP contribution in [0.25, 0.3) is 0 Å². The molecular weight excluding hydrogens is 200 g/mol. The van der Waals surface area contributed by atoms with Crippen molar-refractivity contribution in [3.05, 3.63) is 29.3 Å². The molecule has 0 bridgehead atoms. The number of carbonyl (C=O) groups is 1. The van der Waals surface area contributed by atoms with Gasteiger partial charge in [0, 0.05) is 6.04 Å². The Labute approximate surface area is 86.5 Å². The Bertz CT molecular complexity index is 429. The van der Waals surface area contributed by atoms with Crippen molar-refractivity contribution in [2.75, 3.05) is 4.90 Å². The third kappa shape index (κ3) is 1.40. The number of fused-ring (bicyclic) bond motifs is 1. The zero-order chi connectivity index (χ0) is 11.2. The molecule has 0 saturated heterocycles. The van der Waals surface area contributed by atoms with Gasteiger partial charge in [-0.1, -0.05) is 6.07 Å². The molecule has 0 saturated carbocycles. The van der Waals surface area contributed by atoms with E-state index < -0.39 is 11.6 Å². The lowest BCUT2D eigenvalue weighted by Crippen LogP contribution is -2.34. The van der Waals surface area contributed by atoms with E-state index in [-0.39, 0.29) is 24.1 Å². The topological polar surface area (TPSA) is 20.3 Å². The lowest BCUT2D eigenvalue weighted by molar-refractivity contribution is -0.117. The van der Waals surface area contributed by atoms with Gasteiger partial charge in [0.15, 0.2) is 11.6 Å². The molecule has 2 nitrogen and oxygen atoms in total. The van der Waals surface area contributed by atoms with Gasteiger partial charge in [0.1, 0.15) is 0 Å². The Morgan fingerprint density at radius 1 is 1.33 bits per heavy atom. The summed E-state index contributed by atoms with van der Waals surface area (Å²) >= 11 is 0. The Morgan fingerprint density at radius 2 is 2.00 bits per heavy atom. The van der Waals surface area contributed by atoms with E-state index in [9.17, 15) is 13.6 Å². The average molecular weight is 211 g/mol. The standard InChI is InChI=1S/C11H11F2NO/c1-6(2)14-9(15)5-7-3-4-8(12)10(13)11(7)14/h3-4,6H,5H2,1-2H3. The first-order chi connectivity index (χ1) is 7.02. The average Bonchev–Trinajstić information content (AvgIpc) is 2.49. The molecular formula is C11H11F2NO. The summed E-state index contributed by atoms with van der Waals surface area (Å²) in [4.78, 5) is 12.9. The molecule has 0 radical (unpaired) electrons. The van der Waals surface area contributed by atoms with Crippen molar-refractivity contribution in [3.63, 3.8) is 0 Å². The lowest BCUT2D eigenvalue weighted by atomic mass is 10.1. The van der Waals surface area contributed by atoms with Crippen molar-refractivity contribution in [2.45, 2.75) is 26.3 Å². The smallest absolute Gasteiger partial charge is 0.231 e. The molecule has 0 aromatic heterocycles. The van der Waals surface area contributed by atoms with Crippen LogP contribution in [0.3, 0.4) is 0 Å². The maximum Gasteiger partial charge on any atom is 0.231 e. The minimum absolute atomic E-state index is 0.106. The molecule has 0 spiro atoms. The maximum atomic E-state index is 13.5. The quantitative estimate of drug-likeness (QED) is 0.697. The summed E-state index contributed by atoms with van der Waals surface area (Å²) < 4.78 is 26.5. The van der Waals surface area contributed by atoms with Gasteiger partial charge >= 0.3 is 0 Å². The van der Waals surface area contributed by atoms with Gasteiger partial charge in [-0.25, -0.2) is 8.78 Å². The van der Waals surface area contributed by atoms with Gasteiger partial charge < -0.3 is 4.90 Å². The molecule has 1 heterocycles. The van der Waals surface area contributed by atoms with Crippen molar-refractivity contribution in [1.29, 1.82) is 0 Å². The Hall–Kier alpha value is -1.45. The SMILES string of the molecule is CC(C)N1C(=O)Cc2ccc(F)c(F)c21. The second-order valence-corrected chi connectivity index (χ2v) is 3.90. The number of hydrogen-bond donors (Lipinski definition) is 0. The van der Waals surface area contributed by atoms with Crippen molar-refractivity contribution in [2.24, 2.45) is 0 Å². The van der Waals surface area contributed by atoms with Crippen LogP contribution in [0.1, 0.15) is 19.4 Å². The molecule has 15 heavy (non-hydrogen) atoms. The highest BCUT2D eigenvalue weighted by Gasteiger charge is 2.33. The van der Waals surface area contributed by atoms with E-state index in [2.05, 4.69) is 0 Å². The first-order valence-electron chi connectivity index (χ1n) is 4.81. The van der Waals surface area contributed by atoms with Gasteiger partial charge in [-0.05, 0) is 25.5 Å². The fraction of sp³-hybridized carbons (Fsp3) is 0.364. The molecule has 0 fully saturated rings. The fourth-order valence-electron chi connectivity index (χ4n) is 1.90. The molecule has 0 atom stereocenters. The number of rotatable bonds is 1. The van der Waals surface area contributed by atoms with E-state index >= 15 is 0 Å². The summed E-state index contributed by atoms with van der Waals surface area (Å²) in [5.41, 5.74) is 0.669. The van der Waals surface area contributed by atoms with Crippen molar-refractivity contribution < 1.29 is 13.6 Å². The summed E-state index contributed by atoms with van der Waals surface area (Å²) in [5.74, 6) is -2.01. The first-order valence-corrected chi connectivity index (χ1v) is 4.81. The predicted octanol–water partition coefficient (Wildman–Crippen LogP) is 2.26. The van der Waals surface area contributed by atoms with Crippen LogP contribution in [0, 0.1) is 11.6 Å². The molecule has 1 amide bonds. The largest absolute Gasteiger partial charge is 0.306 e. The highest BCUT2D eigenvalue weighted by molar-refractivity contribution is 6.01. The van der Waals surface area contributed by atoms with Gasteiger partial charge in [0.25, 0.3) is 0 Å². The molecule has 1 aromatic carbocycles. The third-order valence-corrected chi connectivity index (χ3v) is 2.52. The summed E-state index contributed by atoms with van der Waals surface area (Å²) in [5, 5.41) is 0. The third-order valence-electron chi connectivity index (χ3n) is 2.52. The lowest BCUT2D eigenvalue weighted by Gasteiger charge is -2.22. The van der Waals surface area contributed by atoms with Crippen molar-refractivity contribution >= 4 is 11.6 Å². The van der Waals surface area contributed by atoms with Gasteiger partial charge in [0.2, 0.25) is 5.91 Å². The van der Waals surface area contributed by atoms with Crippen LogP contribution in [-0.4, -0.2) is 11.9 Å². The summed E-state index contributed by atoms with van der Waals surface area (Å²) in [7, 11) is 0. The summed E-state index contributed by atoms with van der Waals surface area (Å²) in [6.45, 7) is 3.55. The van der Waals surface area contributed by atoms with Gasteiger partial charge in [-0.15, -0.1) is 0 Å². The minimum atomic E-state index is -0.924. The first kappa shape index (κ1) is 10.1. The number of carbonyl (C=O) groups excluding carboxylic acids is 1. The van der Waals surface area contributed by atoms with E-state index in [0.29, 0.717) is 5.56 Å². The monoisotopic (exact) mass is 211 g/mol. The van der Waals surface area contributed by atoms with Crippen LogP contribution in [0.5, 0.6) is 0 Å². The van der Waals surface area contributed by atoms with E-state index in [0.717, 1.165) is 6.07 Å². The van der Waals surface area contributed by atoms with Crippen LogP contribution < -0.4 is 4.90 Å². The van der Waals surface area contributed by atoms with E-state index in [1.54, 1.807) is 13.8 Å². The zero-order valence-corrected chi connectivity index (χ0v) is 8.55. The number of nitrogens with zero attached hydrogens (tertiary/aromatic N) is 1. The van der Waals surface area contributed by atoms with Crippen molar-refractivity contribution in [1.82, 2.24) is 0 Å². The molecule has 0 unspecified atom stereocenters. The number of halogens is 2. The summed E-state index contributed by atoms with van der Waals surface area (Å²) in [6.07, 6.45) is 0.157. The predicted molar refractivity (Wildman–Crippen MR) is 52.7 cm³/mol. The summed E-state index contributed by atoms with van der Waals surface area (Å²) in [6, 6.07) is 2.37. The Balaban J connectivity index is 2.60. The maximum absolute atomic E-state index is 13.5. The second-order valence-electron chi connectivity index (χ2n) is 3.90. The van der Waals surface area contributed by atoms with Crippen LogP contribution in [0.4, 0.5) is 14.5 Å². The van der Waals surface area contributed by atoms with E-state index in [1.807, 2.05) is 0 Å². The highest BCUT2D eigenvalue weighted by atomic mass is 19.2. The fourth-order valence-corrected chi connectivity index (χ4v) is 1.90. The number of anilines is 1. The normalized spacial score (nSPS) is 15.0. The van der Waals surface area contributed by atoms with Gasteiger partial charge in [-0.3, -0.25) is 4.79 Å². The molecule has 1 aliphatic heterocycles. The van der Waals surface area contributed by atoms with Gasteiger partial charge in [0.05, 0.1) is 12.1 Å². The van der Waals surface area contributed by atoms with Crippen LogP contribution in [0.15, 0.2) is 12.1 Å². The van der Waals surface area contributed by atoms with Crippen LogP contribution in [0.2, 0.25) is 0 Å². The molecule has 0 aliphatic carbocycles. The number of hydrogen-bond acceptors (Lipinski definition) is 1. The van der Waals surface area contributed by atoms with E-state index in [4.69, 9.17) is 0 Å². The molecule has 4 heteroatoms. The number of benzene rings is 1. The second kappa shape index (κ2) is 3.29. The van der Waals surface area contributed by atoms with Crippen LogP contribution >= 0.6 is 0 Å². The Morgan fingerprint density at radius 3 is 2.60 bits per heavy atom. The molecule has 1 aliphatic rings. The molecule has 2 rings (SSSR count). The Kier molecular flexibility index (Phi) is 2.21. The van der Waals surface area contributed by atoms with Gasteiger partial charge in [-0.2, -0.15) is 0 Å². The van der Waals surface area contributed by atoms with E-state index in [1.165, 1.54) is 11.0 Å². The molecule has 80 valence electrons. The molecule has 0 N–H and O–H groups in total. The zero-order valence-electron chi connectivity index (χ0n) is 8.55. The minimum Gasteiger partial charge on any atom is -0.306 e. The molecule has 1 aromatic rings. The van der Waals surface area contributed by atoms with Crippen LogP contribution in [-0.2, 0) is 11.2 Å².